The third-order valence-corrected chi connectivity index (χ3v) is 2.28. The van der Waals surface area contributed by atoms with Crippen LogP contribution < -0.4 is 5.32 Å². The summed E-state index contributed by atoms with van der Waals surface area (Å²) in [6, 6.07) is 2.03. The number of halogens is 2. The number of anilines is 1. The fraction of sp³-hybridized carbons (Fsp3) is 0.364. The Balaban J connectivity index is 3.05. The monoisotopic (exact) mass is 229 g/mol. The van der Waals surface area contributed by atoms with Crippen LogP contribution in [0.1, 0.15) is 30.6 Å². The highest BCUT2D eigenvalue weighted by molar-refractivity contribution is 5.88. The van der Waals surface area contributed by atoms with E-state index in [1.54, 1.807) is 0 Å². The van der Waals surface area contributed by atoms with E-state index in [1.807, 2.05) is 13.8 Å². The van der Waals surface area contributed by atoms with Crippen LogP contribution in [0.15, 0.2) is 12.1 Å². The van der Waals surface area contributed by atoms with Crippen LogP contribution in [-0.2, 0) is 0 Å². The van der Waals surface area contributed by atoms with Crippen molar-refractivity contribution >= 4 is 11.7 Å². The van der Waals surface area contributed by atoms with E-state index < -0.39 is 23.2 Å². The number of carboxylic acids is 1. The van der Waals surface area contributed by atoms with Crippen molar-refractivity contribution in [3.63, 3.8) is 0 Å². The first kappa shape index (κ1) is 12.4. The Labute approximate surface area is 92.1 Å². The predicted molar refractivity (Wildman–Crippen MR) is 56.7 cm³/mol. The van der Waals surface area contributed by atoms with Crippen molar-refractivity contribution in [1.82, 2.24) is 0 Å². The van der Waals surface area contributed by atoms with Gasteiger partial charge in [0.1, 0.15) is 17.2 Å². The molecular formula is C11H13F2NO2. The summed E-state index contributed by atoms with van der Waals surface area (Å²) in [7, 11) is 0. The molecule has 0 aliphatic heterocycles. The molecule has 0 aromatic heterocycles. The quantitative estimate of drug-likeness (QED) is 0.834. The van der Waals surface area contributed by atoms with Crippen LogP contribution in [0.2, 0.25) is 0 Å². The molecule has 1 unspecified atom stereocenters. The van der Waals surface area contributed by atoms with Crippen molar-refractivity contribution in [3.8, 4) is 0 Å². The van der Waals surface area contributed by atoms with Gasteiger partial charge in [-0.1, -0.05) is 6.92 Å². The van der Waals surface area contributed by atoms with Crippen molar-refractivity contribution in [2.45, 2.75) is 26.3 Å². The highest BCUT2D eigenvalue weighted by atomic mass is 19.1. The van der Waals surface area contributed by atoms with Gasteiger partial charge in [0.05, 0.1) is 0 Å². The molecule has 0 aliphatic carbocycles. The third kappa shape index (κ3) is 2.68. The first-order chi connectivity index (χ1) is 7.45. The zero-order valence-electron chi connectivity index (χ0n) is 9.05. The molecule has 88 valence electrons. The Bertz CT molecular complexity index is 384. The smallest absolute Gasteiger partial charge is 0.341 e. The van der Waals surface area contributed by atoms with Crippen LogP contribution in [0.4, 0.5) is 14.5 Å². The zero-order valence-corrected chi connectivity index (χ0v) is 9.05. The molecule has 1 aromatic carbocycles. The van der Waals surface area contributed by atoms with Gasteiger partial charge in [0.15, 0.2) is 0 Å². The Hall–Kier alpha value is -1.65. The fourth-order valence-electron chi connectivity index (χ4n) is 1.25. The number of aromatic carboxylic acids is 1. The van der Waals surface area contributed by atoms with Gasteiger partial charge in [-0.15, -0.1) is 0 Å². The van der Waals surface area contributed by atoms with Gasteiger partial charge in [-0.2, -0.15) is 0 Å². The van der Waals surface area contributed by atoms with Crippen LogP contribution in [0.25, 0.3) is 0 Å². The van der Waals surface area contributed by atoms with E-state index in [0.717, 1.165) is 18.6 Å². The maximum Gasteiger partial charge on any atom is 0.341 e. The van der Waals surface area contributed by atoms with Crippen LogP contribution in [0, 0.1) is 11.6 Å². The minimum absolute atomic E-state index is 0.0643. The number of rotatable bonds is 4. The van der Waals surface area contributed by atoms with E-state index in [1.165, 1.54) is 0 Å². The largest absolute Gasteiger partial charge is 0.477 e. The van der Waals surface area contributed by atoms with Gasteiger partial charge in [0, 0.05) is 11.7 Å². The Morgan fingerprint density at radius 2 is 1.94 bits per heavy atom. The van der Waals surface area contributed by atoms with Crippen molar-refractivity contribution in [1.29, 1.82) is 0 Å². The molecule has 1 rings (SSSR count). The zero-order chi connectivity index (χ0) is 12.3. The van der Waals surface area contributed by atoms with Crippen LogP contribution in [-0.4, -0.2) is 17.1 Å². The molecule has 3 nitrogen and oxygen atoms in total. The molecule has 1 aromatic rings. The molecule has 0 heterocycles. The Kier molecular flexibility index (Phi) is 3.82. The van der Waals surface area contributed by atoms with Gasteiger partial charge in [-0.25, -0.2) is 13.6 Å². The minimum Gasteiger partial charge on any atom is -0.477 e. The molecule has 0 spiro atoms. The standard InChI is InChI=1S/C11H13F2NO2/c1-3-6(2)14-7-4-8(12)10(11(15)16)9(13)5-7/h4-6,14H,3H2,1-2H3,(H,15,16). The maximum atomic E-state index is 13.3. The highest BCUT2D eigenvalue weighted by Crippen LogP contribution is 2.19. The second-order valence-electron chi connectivity index (χ2n) is 3.57. The molecular weight excluding hydrogens is 216 g/mol. The number of hydrogen-bond acceptors (Lipinski definition) is 2. The lowest BCUT2D eigenvalue weighted by atomic mass is 10.1. The topological polar surface area (TPSA) is 49.3 Å². The summed E-state index contributed by atoms with van der Waals surface area (Å²) < 4.78 is 26.5. The molecule has 5 heteroatoms. The average Bonchev–Trinajstić information content (AvgIpc) is 2.15. The van der Waals surface area contributed by atoms with Gasteiger partial charge in [-0.3, -0.25) is 0 Å². The second-order valence-corrected chi connectivity index (χ2v) is 3.57. The van der Waals surface area contributed by atoms with E-state index in [9.17, 15) is 13.6 Å². The van der Waals surface area contributed by atoms with E-state index >= 15 is 0 Å². The Morgan fingerprint density at radius 1 is 1.44 bits per heavy atom. The summed E-state index contributed by atoms with van der Waals surface area (Å²) >= 11 is 0. The van der Waals surface area contributed by atoms with Gasteiger partial charge >= 0.3 is 5.97 Å². The summed E-state index contributed by atoms with van der Waals surface area (Å²) in [5.74, 6) is -3.75. The number of carboxylic acid groups (broad SMARTS) is 1. The first-order valence-electron chi connectivity index (χ1n) is 4.94. The minimum atomic E-state index is -1.61. The van der Waals surface area contributed by atoms with Crippen molar-refractivity contribution in [3.05, 3.63) is 29.3 Å². The number of nitrogens with one attached hydrogen (secondary N) is 1. The fourth-order valence-corrected chi connectivity index (χ4v) is 1.25. The molecule has 1 atom stereocenters. The molecule has 16 heavy (non-hydrogen) atoms. The van der Waals surface area contributed by atoms with E-state index in [4.69, 9.17) is 5.11 Å². The number of carbonyl (C=O) groups is 1. The number of benzene rings is 1. The molecule has 0 saturated carbocycles. The summed E-state index contributed by atoms with van der Waals surface area (Å²) in [6.07, 6.45) is 0.796. The van der Waals surface area contributed by atoms with Crippen LogP contribution in [0.5, 0.6) is 0 Å². The number of hydrogen-bond donors (Lipinski definition) is 2. The molecule has 0 amide bonds. The van der Waals surface area contributed by atoms with Gasteiger partial charge in [-0.05, 0) is 25.5 Å². The highest BCUT2D eigenvalue weighted by Gasteiger charge is 2.17. The lowest BCUT2D eigenvalue weighted by molar-refractivity contribution is 0.0686. The van der Waals surface area contributed by atoms with Crippen LogP contribution in [0.3, 0.4) is 0 Å². The molecule has 0 bridgehead atoms. The summed E-state index contributed by atoms with van der Waals surface area (Å²) in [6.45, 7) is 3.79. The lowest BCUT2D eigenvalue weighted by Gasteiger charge is -2.13. The molecule has 2 N–H and O–H groups in total. The molecule has 0 fully saturated rings. The van der Waals surface area contributed by atoms with Gasteiger partial charge < -0.3 is 10.4 Å². The normalized spacial score (nSPS) is 12.2. The predicted octanol–water partition coefficient (Wildman–Crippen LogP) is 2.87. The van der Waals surface area contributed by atoms with E-state index in [2.05, 4.69) is 5.32 Å². The molecule has 0 aliphatic rings. The maximum absolute atomic E-state index is 13.3. The summed E-state index contributed by atoms with van der Waals surface area (Å²) in [5.41, 5.74) is -0.677. The average molecular weight is 229 g/mol. The second kappa shape index (κ2) is 4.92. The third-order valence-electron chi connectivity index (χ3n) is 2.28. The lowest BCUT2D eigenvalue weighted by Crippen LogP contribution is -2.14. The van der Waals surface area contributed by atoms with Crippen molar-refractivity contribution in [2.75, 3.05) is 5.32 Å². The Morgan fingerprint density at radius 3 is 2.31 bits per heavy atom. The van der Waals surface area contributed by atoms with Crippen LogP contribution >= 0.6 is 0 Å². The molecule has 0 radical (unpaired) electrons. The van der Waals surface area contributed by atoms with Gasteiger partial charge in [0.2, 0.25) is 0 Å². The summed E-state index contributed by atoms with van der Waals surface area (Å²) in [5, 5.41) is 11.4. The van der Waals surface area contributed by atoms with E-state index in [0.29, 0.717) is 0 Å². The van der Waals surface area contributed by atoms with E-state index in [-0.39, 0.29) is 11.7 Å². The van der Waals surface area contributed by atoms with Crippen molar-refractivity contribution in [2.24, 2.45) is 0 Å². The molecule has 0 saturated heterocycles. The SMILES string of the molecule is CCC(C)Nc1cc(F)c(C(=O)O)c(F)c1. The summed E-state index contributed by atoms with van der Waals surface area (Å²) in [4.78, 5) is 10.5. The van der Waals surface area contributed by atoms with Gasteiger partial charge in [0.25, 0.3) is 0 Å². The first-order valence-corrected chi connectivity index (χ1v) is 4.94. The van der Waals surface area contributed by atoms with Crippen molar-refractivity contribution < 1.29 is 18.7 Å².